The molecule has 0 unspecified atom stereocenters. The predicted octanol–water partition coefficient (Wildman–Crippen LogP) is 1.71. The monoisotopic (exact) mass is 287 g/mol. The topological polar surface area (TPSA) is 95.7 Å². The smallest absolute Gasteiger partial charge is 0.310 e. The van der Waals surface area contributed by atoms with E-state index in [1.165, 1.54) is 7.11 Å². The molecule has 0 atom stereocenters. The number of hydrogen-bond donors (Lipinski definition) is 0. The highest BCUT2D eigenvalue weighted by molar-refractivity contribution is 5.74. The van der Waals surface area contributed by atoms with E-state index in [1.54, 1.807) is 20.8 Å². The molecule has 1 saturated carbocycles. The molecule has 20 heavy (non-hydrogen) atoms. The zero-order chi connectivity index (χ0) is 15.6. The first-order valence-electron chi connectivity index (χ1n) is 6.54. The lowest BCUT2D eigenvalue weighted by Crippen LogP contribution is -2.53. The van der Waals surface area contributed by atoms with Gasteiger partial charge in [-0.3, -0.25) is 19.7 Å². The Morgan fingerprint density at radius 1 is 1.35 bits per heavy atom. The van der Waals surface area contributed by atoms with Crippen LogP contribution < -0.4 is 0 Å². The number of esters is 2. The van der Waals surface area contributed by atoms with E-state index in [-0.39, 0.29) is 25.7 Å². The van der Waals surface area contributed by atoms with Crippen molar-refractivity contribution >= 4 is 11.9 Å². The number of methoxy groups -OCH3 is 1. The molecule has 0 aromatic heterocycles. The third kappa shape index (κ3) is 3.91. The zero-order valence-electron chi connectivity index (χ0n) is 12.3. The van der Waals surface area contributed by atoms with Crippen LogP contribution in [0.4, 0.5) is 0 Å². The lowest BCUT2D eigenvalue weighted by atomic mass is 9.66. The van der Waals surface area contributed by atoms with E-state index in [4.69, 9.17) is 4.74 Å². The van der Waals surface area contributed by atoms with Gasteiger partial charge in [0.15, 0.2) is 0 Å². The second-order valence-corrected chi connectivity index (χ2v) is 6.20. The van der Waals surface area contributed by atoms with Crippen LogP contribution in [0.5, 0.6) is 0 Å². The largest absolute Gasteiger partial charge is 0.469 e. The number of ether oxygens (including phenoxy) is 2. The Hall–Kier alpha value is -1.66. The quantitative estimate of drug-likeness (QED) is 0.434. The summed E-state index contributed by atoms with van der Waals surface area (Å²) in [6.07, 6.45) is 0.308. The van der Waals surface area contributed by atoms with Gasteiger partial charge in [-0.15, -0.1) is 0 Å². The second kappa shape index (κ2) is 5.76. The summed E-state index contributed by atoms with van der Waals surface area (Å²) >= 11 is 0. The summed E-state index contributed by atoms with van der Waals surface area (Å²) in [5.41, 5.74) is -1.80. The summed E-state index contributed by atoms with van der Waals surface area (Å²) in [6.45, 7) is 5.25. The fourth-order valence-corrected chi connectivity index (χ4v) is 2.29. The number of rotatable bonds is 5. The fraction of sp³-hybridized carbons (Fsp3) is 0.846. The first-order chi connectivity index (χ1) is 9.09. The lowest BCUT2D eigenvalue weighted by molar-refractivity contribution is -0.591. The van der Waals surface area contributed by atoms with Gasteiger partial charge in [-0.25, -0.2) is 0 Å². The molecule has 1 rings (SSSR count). The van der Waals surface area contributed by atoms with Crippen LogP contribution >= 0.6 is 0 Å². The zero-order valence-corrected chi connectivity index (χ0v) is 12.3. The minimum atomic E-state index is -1.20. The SMILES string of the molecule is COC(=O)CCC1([N+](=O)[O-])CC(C(=O)OC(C)(C)C)C1. The van der Waals surface area contributed by atoms with Gasteiger partial charge >= 0.3 is 11.9 Å². The summed E-state index contributed by atoms with van der Waals surface area (Å²) in [6, 6.07) is 0. The van der Waals surface area contributed by atoms with E-state index < -0.39 is 33.9 Å². The molecule has 0 saturated heterocycles. The molecule has 7 heteroatoms. The van der Waals surface area contributed by atoms with Gasteiger partial charge in [-0.05, 0) is 20.8 Å². The van der Waals surface area contributed by atoms with Crippen LogP contribution in [-0.2, 0) is 19.1 Å². The maximum Gasteiger partial charge on any atom is 0.310 e. The van der Waals surface area contributed by atoms with Gasteiger partial charge in [0.05, 0.1) is 19.4 Å². The van der Waals surface area contributed by atoms with E-state index in [1.807, 2.05) is 0 Å². The average Bonchev–Trinajstić information content (AvgIpc) is 2.23. The molecular weight excluding hydrogens is 266 g/mol. The summed E-state index contributed by atoms with van der Waals surface area (Å²) < 4.78 is 9.69. The van der Waals surface area contributed by atoms with E-state index in [2.05, 4.69) is 4.74 Å². The first kappa shape index (κ1) is 16.4. The molecule has 0 heterocycles. The molecule has 1 fully saturated rings. The Morgan fingerprint density at radius 3 is 2.30 bits per heavy atom. The number of nitrogens with zero attached hydrogens (tertiary/aromatic N) is 1. The van der Waals surface area contributed by atoms with Gasteiger partial charge < -0.3 is 9.47 Å². The van der Waals surface area contributed by atoms with Crippen LogP contribution in [0.3, 0.4) is 0 Å². The number of nitro groups is 1. The summed E-state index contributed by atoms with van der Waals surface area (Å²) in [4.78, 5) is 33.7. The van der Waals surface area contributed by atoms with Crippen molar-refractivity contribution in [2.45, 2.75) is 57.6 Å². The highest BCUT2D eigenvalue weighted by Gasteiger charge is 2.58. The Kier molecular flexibility index (Phi) is 4.73. The molecular formula is C13H21NO6. The minimum absolute atomic E-state index is 0.0154. The molecule has 0 aromatic rings. The average molecular weight is 287 g/mol. The van der Waals surface area contributed by atoms with Crippen molar-refractivity contribution in [2.24, 2.45) is 5.92 Å². The van der Waals surface area contributed by atoms with Crippen molar-refractivity contribution in [3.63, 3.8) is 0 Å². The third-order valence-electron chi connectivity index (χ3n) is 3.40. The molecule has 7 nitrogen and oxygen atoms in total. The van der Waals surface area contributed by atoms with Crippen molar-refractivity contribution in [1.82, 2.24) is 0 Å². The van der Waals surface area contributed by atoms with Crippen LogP contribution in [0.15, 0.2) is 0 Å². The molecule has 0 amide bonds. The second-order valence-electron chi connectivity index (χ2n) is 6.20. The maximum atomic E-state index is 11.8. The van der Waals surface area contributed by atoms with Crippen molar-refractivity contribution in [2.75, 3.05) is 7.11 Å². The van der Waals surface area contributed by atoms with Crippen molar-refractivity contribution in [3.8, 4) is 0 Å². The van der Waals surface area contributed by atoms with Crippen LogP contribution in [-0.4, -0.2) is 35.1 Å². The molecule has 0 aliphatic heterocycles. The van der Waals surface area contributed by atoms with E-state index in [0.29, 0.717) is 0 Å². The van der Waals surface area contributed by atoms with Crippen molar-refractivity contribution < 1.29 is 24.0 Å². The number of carbonyl (C=O) groups is 2. The van der Waals surface area contributed by atoms with Crippen molar-refractivity contribution in [1.29, 1.82) is 0 Å². The van der Waals surface area contributed by atoms with Gasteiger partial charge in [-0.1, -0.05) is 0 Å². The lowest BCUT2D eigenvalue weighted by Gasteiger charge is -2.39. The molecule has 1 aliphatic carbocycles. The van der Waals surface area contributed by atoms with Crippen molar-refractivity contribution in [3.05, 3.63) is 10.1 Å². The Morgan fingerprint density at radius 2 is 1.90 bits per heavy atom. The van der Waals surface area contributed by atoms with Crippen LogP contribution in [0, 0.1) is 16.0 Å². The molecule has 0 N–H and O–H groups in total. The highest BCUT2D eigenvalue weighted by Crippen LogP contribution is 2.44. The summed E-state index contributed by atoms with van der Waals surface area (Å²) in [7, 11) is 1.24. The van der Waals surface area contributed by atoms with E-state index in [9.17, 15) is 19.7 Å². The fourth-order valence-electron chi connectivity index (χ4n) is 2.29. The molecule has 0 spiro atoms. The molecule has 0 bridgehead atoms. The maximum absolute atomic E-state index is 11.8. The van der Waals surface area contributed by atoms with Gasteiger partial charge in [-0.2, -0.15) is 0 Å². The Balaban J connectivity index is 2.57. The Labute approximate surface area is 117 Å². The minimum Gasteiger partial charge on any atom is -0.469 e. The number of carbonyl (C=O) groups excluding carboxylic acids is 2. The molecule has 114 valence electrons. The third-order valence-corrected chi connectivity index (χ3v) is 3.40. The molecule has 0 aromatic carbocycles. The van der Waals surface area contributed by atoms with Gasteiger partial charge in [0.2, 0.25) is 5.54 Å². The molecule has 1 aliphatic rings. The normalized spacial score (nSPS) is 25.5. The number of hydrogen-bond acceptors (Lipinski definition) is 6. The highest BCUT2D eigenvalue weighted by atomic mass is 16.6. The van der Waals surface area contributed by atoms with Crippen LogP contribution in [0.25, 0.3) is 0 Å². The van der Waals surface area contributed by atoms with Gasteiger partial charge in [0.25, 0.3) is 0 Å². The van der Waals surface area contributed by atoms with Gasteiger partial charge in [0.1, 0.15) is 5.60 Å². The standard InChI is InChI=1S/C13H21NO6/c1-12(2,3)20-11(16)9-7-13(8-9,14(17)18)6-5-10(15)19-4/h9H,5-8H2,1-4H3. The van der Waals surface area contributed by atoms with Gasteiger partial charge in [0, 0.05) is 24.2 Å². The summed E-state index contributed by atoms with van der Waals surface area (Å²) in [5, 5.41) is 11.2. The summed E-state index contributed by atoms with van der Waals surface area (Å²) in [5.74, 6) is -1.35. The predicted molar refractivity (Wildman–Crippen MR) is 69.5 cm³/mol. The van der Waals surface area contributed by atoms with E-state index >= 15 is 0 Å². The van der Waals surface area contributed by atoms with E-state index in [0.717, 1.165) is 0 Å². The Bertz CT molecular complexity index is 406. The van der Waals surface area contributed by atoms with Crippen LogP contribution in [0.2, 0.25) is 0 Å². The molecule has 0 radical (unpaired) electrons. The first-order valence-corrected chi connectivity index (χ1v) is 6.54. The van der Waals surface area contributed by atoms with Crippen LogP contribution in [0.1, 0.15) is 46.5 Å².